The molecule has 23 heavy (non-hydrogen) atoms. The summed E-state index contributed by atoms with van der Waals surface area (Å²) in [6, 6.07) is 10.1. The molecule has 1 aliphatic heterocycles. The Labute approximate surface area is 136 Å². The van der Waals surface area contributed by atoms with Gasteiger partial charge in [-0.3, -0.25) is 4.90 Å². The maximum absolute atomic E-state index is 12.4. The molecule has 0 spiro atoms. The van der Waals surface area contributed by atoms with Crippen LogP contribution < -0.4 is 5.32 Å². The molecule has 1 unspecified atom stereocenters. The number of benzene rings is 1. The van der Waals surface area contributed by atoms with Gasteiger partial charge in [-0.15, -0.1) is 0 Å². The van der Waals surface area contributed by atoms with Crippen LogP contribution in [0.1, 0.15) is 33.6 Å². The monoisotopic (exact) mass is 313 g/mol. The molecule has 1 amide bonds. The lowest BCUT2D eigenvalue weighted by atomic mass is 10.1. The molecule has 1 aromatic carbocycles. The number of fused-ring (bicyclic) bond motifs is 1. The number of aromatic nitrogens is 1. The van der Waals surface area contributed by atoms with E-state index in [0.717, 1.165) is 29.4 Å². The predicted octanol–water partition coefficient (Wildman–Crippen LogP) is 4.00. The average molecular weight is 313 g/mol. The number of nitrogens with one attached hydrogen (secondary N) is 1. The zero-order valence-corrected chi connectivity index (χ0v) is 13.9. The van der Waals surface area contributed by atoms with Crippen LogP contribution in [-0.2, 0) is 4.74 Å². The highest BCUT2D eigenvalue weighted by Crippen LogP contribution is 2.26. The molecule has 5 nitrogen and oxygen atoms in total. The van der Waals surface area contributed by atoms with Crippen molar-refractivity contribution in [3.8, 4) is 0 Å². The normalized spacial score (nSPS) is 18.2. The van der Waals surface area contributed by atoms with Crippen molar-refractivity contribution in [3.63, 3.8) is 0 Å². The van der Waals surface area contributed by atoms with Gasteiger partial charge in [0.1, 0.15) is 17.6 Å². The first-order valence-electron chi connectivity index (χ1n) is 8.04. The van der Waals surface area contributed by atoms with Gasteiger partial charge in [-0.1, -0.05) is 24.3 Å². The molecule has 122 valence electrons. The average Bonchev–Trinajstić information content (AvgIpc) is 2.94. The molecule has 1 atom stereocenters. The minimum Gasteiger partial charge on any atom is -0.444 e. The molecule has 1 aromatic heterocycles. The summed E-state index contributed by atoms with van der Waals surface area (Å²) in [4.78, 5) is 18.6. The molecule has 0 bridgehead atoms. The number of carbonyl (C=O) groups excluding carboxylic acids is 1. The summed E-state index contributed by atoms with van der Waals surface area (Å²) in [6.45, 7) is 6.36. The Morgan fingerprint density at radius 2 is 2.09 bits per heavy atom. The first kappa shape index (κ1) is 15.6. The summed E-state index contributed by atoms with van der Waals surface area (Å²) < 4.78 is 5.50. The molecule has 1 aliphatic rings. The molecular formula is C18H23N3O2. The highest BCUT2D eigenvalue weighted by atomic mass is 16.6. The first-order valence-corrected chi connectivity index (χ1v) is 8.04. The quantitative estimate of drug-likeness (QED) is 0.910. The summed E-state index contributed by atoms with van der Waals surface area (Å²) in [5.41, 5.74) is -0.484. The smallest absolute Gasteiger partial charge is 0.411 e. The number of ether oxygens (including phenoxy) is 1. The van der Waals surface area contributed by atoms with Gasteiger partial charge in [0.15, 0.2) is 0 Å². The van der Waals surface area contributed by atoms with Gasteiger partial charge < -0.3 is 10.1 Å². The first-order chi connectivity index (χ1) is 10.9. The Morgan fingerprint density at radius 3 is 2.87 bits per heavy atom. The second-order valence-corrected chi connectivity index (χ2v) is 6.86. The van der Waals surface area contributed by atoms with Gasteiger partial charge in [0.25, 0.3) is 0 Å². The second-order valence-electron chi connectivity index (χ2n) is 6.86. The number of pyridine rings is 1. The summed E-state index contributed by atoms with van der Waals surface area (Å²) in [7, 11) is 0. The van der Waals surface area contributed by atoms with Crippen LogP contribution in [-0.4, -0.2) is 34.3 Å². The van der Waals surface area contributed by atoms with Crippen molar-refractivity contribution >= 4 is 22.7 Å². The molecular weight excluding hydrogens is 290 g/mol. The molecule has 0 radical (unpaired) electrons. The largest absolute Gasteiger partial charge is 0.444 e. The molecule has 3 rings (SSSR count). The summed E-state index contributed by atoms with van der Waals surface area (Å²) in [5.74, 6) is 0.809. The Kier molecular flexibility index (Phi) is 4.11. The number of anilines is 1. The van der Waals surface area contributed by atoms with Crippen molar-refractivity contribution in [2.75, 3.05) is 11.9 Å². The van der Waals surface area contributed by atoms with E-state index in [1.807, 2.05) is 45.0 Å². The van der Waals surface area contributed by atoms with E-state index in [2.05, 4.69) is 16.4 Å². The fraction of sp³-hybridized carbons (Fsp3) is 0.444. The third-order valence-corrected chi connectivity index (χ3v) is 3.86. The number of hydrogen-bond donors (Lipinski definition) is 1. The van der Waals surface area contributed by atoms with Gasteiger partial charge in [-0.2, -0.15) is 0 Å². The van der Waals surface area contributed by atoms with Crippen molar-refractivity contribution in [3.05, 3.63) is 36.5 Å². The minimum absolute atomic E-state index is 0.0804. The Hall–Kier alpha value is -2.30. The number of carbonyl (C=O) groups is 1. The van der Waals surface area contributed by atoms with E-state index in [9.17, 15) is 4.79 Å². The van der Waals surface area contributed by atoms with Crippen LogP contribution >= 0.6 is 0 Å². The molecule has 5 heteroatoms. The van der Waals surface area contributed by atoms with E-state index in [4.69, 9.17) is 4.74 Å². The fourth-order valence-corrected chi connectivity index (χ4v) is 2.85. The van der Waals surface area contributed by atoms with Crippen LogP contribution in [0.5, 0.6) is 0 Å². The van der Waals surface area contributed by atoms with Gasteiger partial charge in [-0.25, -0.2) is 9.78 Å². The van der Waals surface area contributed by atoms with Crippen molar-refractivity contribution in [2.45, 2.75) is 45.4 Å². The number of amides is 1. The van der Waals surface area contributed by atoms with Gasteiger partial charge >= 0.3 is 6.09 Å². The zero-order chi connectivity index (χ0) is 16.4. The highest BCUT2D eigenvalue weighted by Gasteiger charge is 2.32. The van der Waals surface area contributed by atoms with Crippen LogP contribution in [0.25, 0.3) is 10.8 Å². The molecule has 0 aliphatic carbocycles. The van der Waals surface area contributed by atoms with Crippen LogP contribution in [0, 0.1) is 0 Å². The van der Waals surface area contributed by atoms with E-state index in [1.54, 1.807) is 11.1 Å². The van der Waals surface area contributed by atoms with Crippen LogP contribution in [0.4, 0.5) is 10.6 Å². The lowest BCUT2D eigenvalue weighted by Gasteiger charge is -2.29. The highest BCUT2D eigenvalue weighted by molar-refractivity contribution is 5.91. The van der Waals surface area contributed by atoms with Crippen molar-refractivity contribution in [1.29, 1.82) is 0 Å². The van der Waals surface area contributed by atoms with Gasteiger partial charge in [0, 0.05) is 18.1 Å². The summed E-state index contributed by atoms with van der Waals surface area (Å²) in [6.07, 6.45) is 3.29. The van der Waals surface area contributed by atoms with E-state index >= 15 is 0 Å². The second kappa shape index (κ2) is 6.07. The molecule has 0 saturated carbocycles. The lowest BCUT2D eigenvalue weighted by Crippen LogP contribution is -2.43. The number of nitrogens with zero attached hydrogens (tertiary/aromatic N) is 2. The third kappa shape index (κ3) is 3.55. The fourth-order valence-electron chi connectivity index (χ4n) is 2.85. The number of likely N-dealkylation sites (tertiary alicyclic amines) is 1. The van der Waals surface area contributed by atoms with E-state index in [0.29, 0.717) is 6.54 Å². The van der Waals surface area contributed by atoms with Crippen molar-refractivity contribution < 1.29 is 9.53 Å². The molecule has 1 saturated heterocycles. The number of hydrogen-bond acceptors (Lipinski definition) is 4. The molecule has 2 heterocycles. The maximum Gasteiger partial charge on any atom is 0.411 e. The Morgan fingerprint density at radius 1 is 1.30 bits per heavy atom. The van der Waals surface area contributed by atoms with Gasteiger partial charge in [0.05, 0.1) is 0 Å². The molecule has 1 fully saturated rings. The van der Waals surface area contributed by atoms with Crippen LogP contribution in [0.3, 0.4) is 0 Å². The number of rotatable bonds is 2. The Balaban J connectivity index is 1.79. The minimum atomic E-state index is -0.484. The lowest BCUT2D eigenvalue weighted by molar-refractivity contribution is 0.0244. The van der Waals surface area contributed by atoms with E-state index in [1.165, 1.54) is 0 Å². The topological polar surface area (TPSA) is 54.5 Å². The Bertz CT molecular complexity index is 703. The summed E-state index contributed by atoms with van der Waals surface area (Å²) >= 11 is 0. The van der Waals surface area contributed by atoms with Crippen molar-refractivity contribution in [1.82, 2.24) is 9.88 Å². The maximum atomic E-state index is 12.4. The van der Waals surface area contributed by atoms with Crippen LogP contribution in [0.2, 0.25) is 0 Å². The van der Waals surface area contributed by atoms with E-state index < -0.39 is 5.60 Å². The molecule has 2 aromatic rings. The zero-order valence-electron chi connectivity index (χ0n) is 13.9. The molecule has 1 N–H and O–H groups in total. The van der Waals surface area contributed by atoms with Gasteiger partial charge in [-0.05, 0) is 45.1 Å². The SMILES string of the molecule is CC(C)(C)OC(=O)N1CCCC1Nc1nccc2ccccc12. The van der Waals surface area contributed by atoms with E-state index in [-0.39, 0.29) is 12.3 Å². The standard InChI is InChI=1S/C18H23N3O2/c1-18(2,3)23-17(22)21-12-6-9-15(21)20-16-14-8-5-4-7-13(14)10-11-19-16/h4-5,7-8,10-11,15H,6,9,12H2,1-3H3,(H,19,20). The third-order valence-electron chi connectivity index (χ3n) is 3.86. The van der Waals surface area contributed by atoms with Crippen LogP contribution in [0.15, 0.2) is 36.5 Å². The predicted molar refractivity (Wildman–Crippen MR) is 91.3 cm³/mol. The van der Waals surface area contributed by atoms with Crippen molar-refractivity contribution in [2.24, 2.45) is 0 Å². The summed E-state index contributed by atoms with van der Waals surface area (Å²) in [5, 5.41) is 5.61. The van der Waals surface area contributed by atoms with Gasteiger partial charge in [0.2, 0.25) is 0 Å².